The molecule has 1 atom stereocenters. The maximum atomic E-state index is 11.0. The standard InChI is InChI=1S/C13H17ClN2O2/c1-10-3-2-6-15(8-10)9-11-7-12(14)4-5-13(11)16(17)18/h4-5,7,10H,2-3,6,8-9H2,1H3/t10-/m0/s1. The van der Waals surface area contributed by atoms with Gasteiger partial charge in [0.2, 0.25) is 0 Å². The second-order valence-electron chi connectivity index (χ2n) is 5.01. The topological polar surface area (TPSA) is 46.4 Å². The van der Waals surface area contributed by atoms with Crippen molar-refractivity contribution in [2.24, 2.45) is 5.92 Å². The smallest absolute Gasteiger partial charge is 0.273 e. The van der Waals surface area contributed by atoms with Gasteiger partial charge in [0.05, 0.1) is 4.92 Å². The molecule has 0 saturated carbocycles. The van der Waals surface area contributed by atoms with E-state index in [1.807, 2.05) is 0 Å². The number of hydrogen-bond donors (Lipinski definition) is 0. The number of rotatable bonds is 3. The molecule has 98 valence electrons. The van der Waals surface area contributed by atoms with Crippen molar-refractivity contribution in [3.8, 4) is 0 Å². The number of nitrogens with zero attached hydrogens (tertiary/aromatic N) is 2. The lowest BCUT2D eigenvalue weighted by Gasteiger charge is -2.30. The molecule has 1 aliphatic rings. The Balaban J connectivity index is 2.16. The number of nitro groups is 1. The first-order valence-corrected chi connectivity index (χ1v) is 6.59. The van der Waals surface area contributed by atoms with Crippen LogP contribution in [-0.4, -0.2) is 22.9 Å². The van der Waals surface area contributed by atoms with Crippen LogP contribution in [0.3, 0.4) is 0 Å². The van der Waals surface area contributed by atoms with E-state index >= 15 is 0 Å². The quantitative estimate of drug-likeness (QED) is 0.623. The maximum Gasteiger partial charge on any atom is 0.273 e. The molecule has 0 bridgehead atoms. The summed E-state index contributed by atoms with van der Waals surface area (Å²) in [6.45, 7) is 4.84. The normalized spacial score (nSPS) is 20.9. The third-order valence-electron chi connectivity index (χ3n) is 3.37. The summed E-state index contributed by atoms with van der Waals surface area (Å²) in [5, 5.41) is 11.5. The molecule has 1 aromatic rings. The van der Waals surface area contributed by atoms with Crippen molar-refractivity contribution < 1.29 is 4.92 Å². The second-order valence-corrected chi connectivity index (χ2v) is 5.45. The van der Waals surface area contributed by atoms with Gasteiger partial charge in [-0.1, -0.05) is 18.5 Å². The fourth-order valence-corrected chi connectivity index (χ4v) is 2.72. The molecule has 4 nitrogen and oxygen atoms in total. The van der Waals surface area contributed by atoms with E-state index < -0.39 is 0 Å². The van der Waals surface area contributed by atoms with Gasteiger partial charge in [0, 0.05) is 29.7 Å². The first-order chi connectivity index (χ1) is 8.56. The van der Waals surface area contributed by atoms with Gasteiger partial charge in [-0.15, -0.1) is 0 Å². The minimum Gasteiger partial charge on any atom is -0.299 e. The Morgan fingerprint density at radius 2 is 2.33 bits per heavy atom. The van der Waals surface area contributed by atoms with Gasteiger partial charge in [-0.2, -0.15) is 0 Å². The molecule has 0 N–H and O–H groups in total. The molecule has 0 spiro atoms. The van der Waals surface area contributed by atoms with Crippen LogP contribution in [0.25, 0.3) is 0 Å². The summed E-state index contributed by atoms with van der Waals surface area (Å²) in [4.78, 5) is 12.9. The molecular formula is C13H17ClN2O2. The molecule has 0 amide bonds. The lowest BCUT2D eigenvalue weighted by Crippen LogP contribution is -2.33. The molecular weight excluding hydrogens is 252 g/mol. The van der Waals surface area contributed by atoms with E-state index in [0.29, 0.717) is 23.0 Å². The highest BCUT2D eigenvalue weighted by atomic mass is 35.5. The Morgan fingerprint density at radius 3 is 3.00 bits per heavy atom. The highest BCUT2D eigenvalue weighted by Crippen LogP contribution is 2.26. The largest absolute Gasteiger partial charge is 0.299 e. The van der Waals surface area contributed by atoms with E-state index in [1.54, 1.807) is 12.1 Å². The molecule has 1 fully saturated rings. The summed E-state index contributed by atoms with van der Waals surface area (Å²) in [7, 11) is 0. The number of nitro benzene ring substituents is 1. The van der Waals surface area contributed by atoms with Gasteiger partial charge in [0.1, 0.15) is 0 Å². The van der Waals surface area contributed by atoms with E-state index in [9.17, 15) is 10.1 Å². The fourth-order valence-electron chi connectivity index (χ4n) is 2.53. The monoisotopic (exact) mass is 268 g/mol. The zero-order valence-corrected chi connectivity index (χ0v) is 11.2. The minimum absolute atomic E-state index is 0.164. The summed E-state index contributed by atoms with van der Waals surface area (Å²) < 4.78 is 0. The van der Waals surface area contributed by atoms with Crippen LogP contribution in [0.2, 0.25) is 5.02 Å². The molecule has 0 radical (unpaired) electrons. The first kappa shape index (κ1) is 13.3. The summed E-state index contributed by atoms with van der Waals surface area (Å²) in [6.07, 6.45) is 2.41. The van der Waals surface area contributed by atoms with Crippen molar-refractivity contribution >= 4 is 17.3 Å². The third kappa shape index (κ3) is 3.21. The molecule has 1 heterocycles. The molecule has 2 rings (SSSR count). The number of piperidine rings is 1. The van der Waals surface area contributed by atoms with Crippen LogP contribution >= 0.6 is 11.6 Å². The molecule has 1 aromatic carbocycles. The Bertz CT molecular complexity index is 451. The SMILES string of the molecule is C[C@H]1CCCN(Cc2cc(Cl)ccc2[N+](=O)[O-])C1. The van der Waals surface area contributed by atoms with E-state index in [2.05, 4.69) is 11.8 Å². The Morgan fingerprint density at radius 1 is 1.56 bits per heavy atom. The van der Waals surface area contributed by atoms with Crippen molar-refractivity contribution in [3.05, 3.63) is 38.9 Å². The number of likely N-dealkylation sites (tertiary alicyclic amines) is 1. The Labute approximate surface area is 112 Å². The Hall–Kier alpha value is -1.13. The highest BCUT2D eigenvalue weighted by Gasteiger charge is 2.20. The predicted molar refractivity (Wildman–Crippen MR) is 71.8 cm³/mol. The highest BCUT2D eigenvalue weighted by molar-refractivity contribution is 6.30. The van der Waals surface area contributed by atoms with Crippen molar-refractivity contribution in [2.45, 2.75) is 26.3 Å². The zero-order valence-electron chi connectivity index (χ0n) is 10.4. The molecule has 1 saturated heterocycles. The van der Waals surface area contributed by atoms with Gasteiger partial charge in [0.15, 0.2) is 0 Å². The van der Waals surface area contributed by atoms with Gasteiger partial charge in [-0.05, 0) is 37.4 Å². The lowest BCUT2D eigenvalue weighted by molar-refractivity contribution is -0.385. The molecule has 0 aromatic heterocycles. The fraction of sp³-hybridized carbons (Fsp3) is 0.538. The predicted octanol–water partition coefficient (Wildman–Crippen LogP) is 3.48. The van der Waals surface area contributed by atoms with Gasteiger partial charge < -0.3 is 0 Å². The van der Waals surface area contributed by atoms with Crippen LogP contribution < -0.4 is 0 Å². The Kier molecular flexibility index (Phi) is 4.19. The van der Waals surface area contributed by atoms with Crippen LogP contribution in [-0.2, 0) is 6.54 Å². The summed E-state index contributed by atoms with van der Waals surface area (Å²) >= 11 is 5.93. The first-order valence-electron chi connectivity index (χ1n) is 6.21. The molecule has 1 aliphatic heterocycles. The van der Waals surface area contributed by atoms with Crippen LogP contribution in [0, 0.1) is 16.0 Å². The van der Waals surface area contributed by atoms with Gasteiger partial charge >= 0.3 is 0 Å². The van der Waals surface area contributed by atoms with Gasteiger partial charge in [0.25, 0.3) is 5.69 Å². The second kappa shape index (κ2) is 5.67. The maximum absolute atomic E-state index is 11.0. The van der Waals surface area contributed by atoms with E-state index in [1.165, 1.54) is 12.5 Å². The van der Waals surface area contributed by atoms with E-state index in [0.717, 1.165) is 19.5 Å². The van der Waals surface area contributed by atoms with Crippen LogP contribution in [0.15, 0.2) is 18.2 Å². The summed E-state index contributed by atoms with van der Waals surface area (Å²) in [6, 6.07) is 4.77. The van der Waals surface area contributed by atoms with E-state index in [4.69, 9.17) is 11.6 Å². The van der Waals surface area contributed by atoms with Gasteiger partial charge in [-0.25, -0.2) is 0 Å². The van der Waals surface area contributed by atoms with Crippen molar-refractivity contribution in [2.75, 3.05) is 13.1 Å². The van der Waals surface area contributed by atoms with Crippen LogP contribution in [0.4, 0.5) is 5.69 Å². The zero-order chi connectivity index (χ0) is 13.1. The average molecular weight is 269 g/mol. The van der Waals surface area contributed by atoms with E-state index in [-0.39, 0.29) is 10.6 Å². The summed E-state index contributed by atoms with van der Waals surface area (Å²) in [5.41, 5.74) is 0.874. The third-order valence-corrected chi connectivity index (χ3v) is 3.61. The molecule has 5 heteroatoms. The van der Waals surface area contributed by atoms with Crippen molar-refractivity contribution in [3.63, 3.8) is 0 Å². The lowest BCUT2D eigenvalue weighted by atomic mass is 9.99. The minimum atomic E-state index is -0.334. The van der Waals surface area contributed by atoms with Crippen LogP contribution in [0.5, 0.6) is 0 Å². The van der Waals surface area contributed by atoms with Gasteiger partial charge in [-0.3, -0.25) is 15.0 Å². The van der Waals surface area contributed by atoms with Crippen molar-refractivity contribution in [1.29, 1.82) is 0 Å². The molecule has 18 heavy (non-hydrogen) atoms. The molecule has 0 aliphatic carbocycles. The summed E-state index contributed by atoms with van der Waals surface area (Å²) in [5.74, 6) is 0.664. The van der Waals surface area contributed by atoms with Crippen molar-refractivity contribution in [1.82, 2.24) is 4.90 Å². The molecule has 0 unspecified atom stereocenters. The average Bonchev–Trinajstić information content (AvgIpc) is 2.28. The number of benzene rings is 1. The number of hydrogen-bond acceptors (Lipinski definition) is 3. The number of halogens is 1. The van der Waals surface area contributed by atoms with Crippen LogP contribution in [0.1, 0.15) is 25.3 Å².